The lowest BCUT2D eigenvalue weighted by Crippen LogP contribution is -2.12. The van der Waals surface area contributed by atoms with Gasteiger partial charge in [0.15, 0.2) is 0 Å². The van der Waals surface area contributed by atoms with Crippen molar-refractivity contribution in [2.24, 2.45) is 0 Å². The zero-order valence-electron chi connectivity index (χ0n) is 15.8. The Morgan fingerprint density at radius 2 is 1.33 bits per heavy atom. The minimum Gasteiger partial charge on any atom is -0.463 e. The summed E-state index contributed by atoms with van der Waals surface area (Å²) in [7, 11) is 1.67. The Bertz CT molecular complexity index is 265. The molecule has 0 radical (unpaired) electrons. The third-order valence-corrected chi connectivity index (χ3v) is 1.90. The predicted octanol–water partition coefficient (Wildman–Crippen LogP) is 1.19. The van der Waals surface area contributed by atoms with E-state index in [0.717, 1.165) is 6.61 Å². The molecule has 1 unspecified atom stereocenters. The van der Waals surface area contributed by atoms with Gasteiger partial charge in [-0.2, -0.15) is 0 Å². The van der Waals surface area contributed by atoms with Crippen LogP contribution in [0.1, 0.15) is 34.6 Å². The van der Waals surface area contributed by atoms with Gasteiger partial charge in [0.25, 0.3) is 0 Å². The van der Waals surface area contributed by atoms with Crippen LogP contribution in [-0.2, 0) is 33.3 Å². The Labute approximate surface area is 145 Å². The zero-order valence-corrected chi connectivity index (χ0v) is 15.8. The molecule has 0 aromatic rings. The summed E-state index contributed by atoms with van der Waals surface area (Å²) in [5, 5.41) is 8.52. The van der Waals surface area contributed by atoms with Crippen LogP contribution in [-0.4, -0.2) is 76.5 Å². The molecule has 8 nitrogen and oxygen atoms in total. The second-order valence-corrected chi connectivity index (χ2v) is 4.38. The predicted molar refractivity (Wildman–Crippen MR) is 89.8 cm³/mol. The van der Waals surface area contributed by atoms with E-state index < -0.39 is 6.10 Å². The fourth-order valence-electron chi connectivity index (χ4n) is 0.913. The van der Waals surface area contributed by atoms with Gasteiger partial charge in [-0.25, -0.2) is 0 Å². The summed E-state index contributed by atoms with van der Waals surface area (Å²) >= 11 is 0. The van der Waals surface area contributed by atoms with E-state index in [1.807, 2.05) is 13.8 Å². The maximum absolute atomic E-state index is 10.1. The third kappa shape index (κ3) is 42.8. The molecule has 0 rings (SSSR count). The number of hydrogen-bond donors (Lipinski definition) is 1. The number of esters is 2. The van der Waals surface area contributed by atoms with Crippen molar-refractivity contribution in [3.05, 3.63) is 0 Å². The molecule has 0 aliphatic carbocycles. The number of methoxy groups -OCH3 is 1. The number of rotatable bonds is 10. The molecule has 0 bridgehead atoms. The number of hydrogen-bond acceptors (Lipinski definition) is 8. The summed E-state index contributed by atoms with van der Waals surface area (Å²) in [6.07, 6.45) is -0.557. The lowest BCUT2D eigenvalue weighted by molar-refractivity contribution is -0.144. The van der Waals surface area contributed by atoms with Crippen LogP contribution in [0.25, 0.3) is 0 Å². The van der Waals surface area contributed by atoms with Crippen molar-refractivity contribution in [2.75, 3.05) is 53.4 Å². The van der Waals surface area contributed by atoms with E-state index in [0.29, 0.717) is 33.0 Å². The van der Waals surface area contributed by atoms with Crippen molar-refractivity contribution < 1.29 is 38.4 Å². The summed E-state index contributed by atoms with van der Waals surface area (Å²) in [6, 6.07) is 0. The fourth-order valence-corrected chi connectivity index (χ4v) is 0.913. The first-order chi connectivity index (χ1) is 11.3. The Morgan fingerprint density at radius 3 is 1.62 bits per heavy atom. The highest BCUT2D eigenvalue weighted by molar-refractivity contribution is 5.66. The van der Waals surface area contributed by atoms with Gasteiger partial charge in [-0.1, -0.05) is 0 Å². The Kier molecular flexibility index (Phi) is 27.7. The molecule has 0 aliphatic rings. The molecule has 1 N–H and O–H groups in total. The first kappa shape index (κ1) is 27.6. The number of aliphatic hydroxyl groups excluding tert-OH is 1. The molecular formula is C16H34O8. The molecule has 0 saturated carbocycles. The van der Waals surface area contributed by atoms with E-state index in [4.69, 9.17) is 19.3 Å². The Hall–Kier alpha value is -1.22. The van der Waals surface area contributed by atoms with Gasteiger partial charge in [0, 0.05) is 34.2 Å². The van der Waals surface area contributed by atoms with Gasteiger partial charge in [-0.05, 0) is 20.8 Å². The highest BCUT2D eigenvalue weighted by Crippen LogP contribution is 1.81. The maximum atomic E-state index is 10.1. The van der Waals surface area contributed by atoms with Gasteiger partial charge in [-0.15, -0.1) is 0 Å². The topological polar surface area (TPSA) is 101 Å². The van der Waals surface area contributed by atoms with Crippen LogP contribution < -0.4 is 0 Å². The van der Waals surface area contributed by atoms with Crippen molar-refractivity contribution in [2.45, 2.75) is 40.7 Å². The molecule has 0 amide bonds. The van der Waals surface area contributed by atoms with E-state index in [2.05, 4.69) is 9.47 Å². The molecule has 8 heteroatoms. The van der Waals surface area contributed by atoms with Crippen LogP contribution in [0.15, 0.2) is 0 Å². The summed E-state index contributed by atoms with van der Waals surface area (Å²) in [6.45, 7) is 11.9. The minimum atomic E-state index is -0.557. The van der Waals surface area contributed by atoms with Gasteiger partial charge >= 0.3 is 11.9 Å². The van der Waals surface area contributed by atoms with Crippen LogP contribution >= 0.6 is 0 Å². The van der Waals surface area contributed by atoms with E-state index >= 15 is 0 Å². The van der Waals surface area contributed by atoms with Crippen LogP contribution in [0, 0.1) is 0 Å². The smallest absolute Gasteiger partial charge is 0.302 e. The average Bonchev–Trinajstić information content (AvgIpc) is 2.51. The molecule has 146 valence electrons. The van der Waals surface area contributed by atoms with E-state index in [9.17, 15) is 9.59 Å². The molecule has 0 saturated heterocycles. The third-order valence-electron chi connectivity index (χ3n) is 1.90. The van der Waals surface area contributed by atoms with Crippen LogP contribution in [0.2, 0.25) is 0 Å². The largest absolute Gasteiger partial charge is 0.463 e. The van der Waals surface area contributed by atoms with Crippen molar-refractivity contribution in [1.82, 2.24) is 0 Å². The van der Waals surface area contributed by atoms with Crippen molar-refractivity contribution >= 4 is 11.9 Å². The van der Waals surface area contributed by atoms with Crippen LogP contribution in [0.3, 0.4) is 0 Å². The molecule has 24 heavy (non-hydrogen) atoms. The lowest BCUT2D eigenvalue weighted by atomic mass is 10.4. The summed E-state index contributed by atoms with van der Waals surface area (Å²) in [5.41, 5.74) is 0. The second-order valence-electron chi connectivity index (χ2n) is 4.38. The SMILES string of the molecule is CC(=O)OCC(C)O.CCOCCOC.CCOCCOC(C)=O. The second kappa shape index (κ2) is 24.0. The van der Waals surface area contributed by atoms with Gasteiger partial charge < -0.3 is 28.8 Å². The van der Waals surface area contributed by atoms with Crippen molar-refractivity contribution in [3.63, 3.8) is 0 Å². The number of carbonyl (C=O) groups is 2. The molecule has 0 aromatic heterocycles. The zero-order chi connectivity index (χ0) is 19.2. The first-order valence-electron chi connectivity index (χ1n) is 7.90. The number of ether oxygens (including phenoxy) is 5. The van der Waals surface area contributed by atoms with Gasteiger partial charge in [0.2, 0.25) is 0 Å². The summed E-state index contributed by atoms with van der Waals surface area (Å²) in [4.78, 5) is 20.1. The molecule has 0 aromatic carbocycles. The molecule has 0 heterocycles. The van der Waals surface area contributed by atoms with E-state index in [1.54, 1.807) is 14.0 Å². The standard InChI is InChI=1S/C6H12O3.C5H10O3.C5H12O2/c1-3-8-4-5-9-6(2)7;1-4(6)3-8-5(2)7;1-3-7-5-4-6-2/h3-5H2,1-2H3;4,6H,3H2,1-2H3;3-5H2,1-2H3. The Balaban J connectivity index is -0.000000278. The molecule has 0 aliphatic heterocycles. The van der Waals surface area contributed by atoms with Crippen LogP contribution in [0.4, 0.5) is 0 Å². The number of carbonyl (C=O) groups excluding carboxylic acids is 2. The Morgan fingerprint density at radius 1 is 0.875 bits per heavy atom. The summed E-state index contributed by atoms with van der Waals surface area (Å²) in [5.74, 6) is -0.611. The molecule has 0 fully saturated rings. The normalized spacial score (nSPS) is 10.5. The fraction of sp³-hybridized carbons (Fsp3) is 0.875. The summed E-state index contributed by atoms with van der Waals surface area (Å²) < 4.78 is 23.6. The molecular weight excluding hydrogens is 320 g/mol. The lowest BCUT2D eigenvalue weighted by Gasteiger charge is -2.01. The van der Waals surface area contributed by atoms with Crippen molar-refractivity contribution in [1.29, 1.82) is 0 Å². The maximum Gasteiger partial charge on any atom is 0.302 e. The van der Waals surface area contributed by atoms with Crippen LogP contribution in [0.5, 0.6) is 0 Å². The van der Waals surface area contributed by atoms with Gasteiger partial charge in [0.05, 0.1) is 25.9 Å². The highest BCUT2D eigenvalue weighted by atomic mass is 16.6. The monoisotopic (exact) mass is 354 g/mol. The molecule has 0 spiro atoms. The van der Waals surface area contributed by atoms with Gasteiger partial charge in [-0.3, -0.25) is 9.59 Å². The van der Waals surface area contributed by atoms with Gasteiger partial charge in [0.1, 0.15) is 13.2 Å². The van der Waals surface area contributed by atoms with Crippen molar-refractivity contribution in [3.8, 4) is 0 Å². The number of aliphatic hydroxyl groups is 1. The first-order valence-corrected chi connectivity index (χ1v) is 7.90. The average molecular weight is 354 g/mol. The minimum absolute atomic E-state index is 0.0926. The molecule has 1 atom stereocenters. The highest BCUT2D eigenvalue weighted by Gasteiger charge is 1.96. The van der Waals surface area contributed by atoms with E-state index in [1.165, 1.54) is 13.8 Å². The van der Waals surface area contributed by atoms with E-state index in [-0.39, 0.29) is 18.5 Å². The quantitative estimate of drug-likeness (QED) is 0.461.